The Morgan fingerprint density at radius 1 is 1.13 bits per heavy atom. The smallest absolute Gasteiger partial charge is 0.272 e. The number of para-hydroxylation sites is 1. The molecule has 8 nitrogen and oxygen atoms in total. The highest BCUT2D eigenvalue weighted by molar-refractivity contribution is 7.89. The quantitative estimate of drug-likeness (QED) is 0.708. The van der Waals surface area contributed by atoms with Crippen LogP contribution >= 0.6 is 0 Å². The van der Waals surface area contributed by atoms with Crippen LogP contribution in [0.1, 0.15) is 53.1 Å². The first kappa shape index (κ1) is 23.0. The van der Waals surface area contributed by atoms with Crippen LogP contribution in [0.25, 0.3) is 0 Å². The van der Waals surface area contributed by atoms with Crippen LogP contribution in [0.15, 0.2) is 35.4 Å². The second-order valence-corrected chi connectivity index (χ2v) is 9.65. The number of sulfonamides is 1. The van der Waals surface area contributed by atoms with Gasteiger partial charge in [-0.25, -0.2) is 8.42 Å². The number of anilines is 1. The molecule has 3 rings (SSSR count). The van der Waals surface area contributed by atoms with Crippen molar-refractivity contribution >= 4 is 27.5 Å². The summed E-state index contributed by atoms with van der Waals surface area (Å²) in [6, 6.07) is 6.72. The Morgan fingerprint density at radius 3 is 2.39 bits per heavy atom. The number of aromatic nitrogens is 1. The number of nitrogens with zero attached hydrogens (tertiary/aromatic N) is 3. The van der Waals surface area contributed by atoms with E-state index in [9.17, 15) is 18.0 Å². The van der Waals surface area contributed by atoms with Crippen LogP contribution in [0.3, 0.4) is 0 Å². The van der Waals surface area contributed by atoms with Gasteiger partial charge in [-0.3, -0.25) is 9.59 Å². The largest absolute Gasteiger partial charge is 0.345 e. The number of nitrogens with one attached hydrogen (secondary N) is 1. The average molecular weight is 447 g/mol. The number of carbonyl (C=O) groups is 2. The molecule has 2 amide bonds. The van der Waals surface area contributed by atoms with Crippen molar-refractivity contribution < 1.29 is 18.0 Å². The van der Waals surface area contributed by atoms with Gasteiger partial charge in [-0.2, -0.15) is 4.31 Å². The van der Waals surface area contributed by atoms with Crippen LogP contribution in [0, 0.1) is 6.92 Å². The molecule has 1 aliphatic rings. The van der Waals surface area contributed by atoms with E-state index in [1.807, 2.05) is 13.0 Å². The Bertz CT molecular complexity index is 1080. The van der Waals surface area contributed by atoms with E-state index in [1.54, 1.807) is 37.9 Å². The normalized spacial score (nSPS) is 14.3. The van der Waals surface area contributed by atoms with E-state index in [0.29, 0.717) is 37.4 Å². The summed E-state index contributed by atoms with van der Waals surface area (Å²) in [4.78, 5) is 27.9. The summed E-state index contributed by atoms with van der Waals surface area (Å²) in [5, 5.41) is 2.85. The van der Waals surface area contributed by atoms with E-state index in [2.05, 4.69) is 5.32 Å². The SMILES string of the molecule is CCN(CC)S(=O)(=O)c1cc(C(=O)Nc2c(C)cccc2C(=O)N2CCCC2)n(C)c1. The minimum absolute atomic E-state index is 0.0713. The van der Waals surface area contributed by atoms with E-state index in [-0.39, 0.29) is 16.5 Å². The first-order valence-corrected chi connectivity index (χ1v) is 12.0. The molecule has 1 aliphatic heterocycles. The zero-order valence-corrected chi connectivity index (χ0v) is 19.3. The van der Waals surface area contributed by atoms with Gasteiger partial charge >= 0.3 is 0 Å². The van der Waals surface area contributed by atoms with Gasteiger partial charge in [-0.1, -0.05) is 26.0 Å². The summed E-state index contributed by atoms with van der Waals surface area (Å²) in [6.45, 7) is 7.50. The van der Waals surface area contributed by atoms with Crippen molar-refractivity contribution in [3.8, 4) is 0 Å². The molecule has 0 aliphatic carbocycles. The summed E-state index contributed by atoms with van der Waals surface area (Å²) in [6.07, 6.45) is 3.40. The number of hydrogen-bond acceptors (Lipinski definition) is 4. The first-order chi connectivity index (χ1) is 14.7. The topological polar surface area (TPSA) is 91.7 Å². The van der Waals surface area contributed by atoms with E-state index in [0.717, 1.165) is 18.4 Å². The van der Waals surface area contributed by atoms with E-state index < -0.39 is 15.9 Å². The number of hydrogen-bond donors (Lipinski definition) is 1. The van der Waals surface area contributed by atoms with E-state index in [4.69, 9.17) is 0 Å². The molecule has 0 spiro atoms. The van der Waals surface area contributed by atoms with Gasteiger partial charge in [-0.15, -0.1) is 0 Å². The predicted octanol–water partition coefficient (Wildman–Crippen LogP) is 2.85. The zero-order valence-electron chi connectivity index (χ0n) is 18.5. The lowest BCUT2D eigenvalue weighted by molar-refractivity contribution is 0.0793. The van der Waals surface area contributed by atoms with Crippen molar-refractivity contribution in [2.45, 2.75) is 38.5 Å². The molecule has 31 heavy (non-hydrogen) atoms. The van der Waals surface area contributed by atoms with Gasteiger partial charge in [0.05, 0.1) is 11.3 Å². The van der Waals surface area contributed by atoms with Crippen LogP contribution in [0.4, 0.5) is 5.69 Å². The first-order valence-electron chi connectivity index (χ1n) is 10.6. The molecule has 1 aromatic heterocycles. The molecule has 0 atom stereocenters. The molecule has 2 aromatic rings. The molecule has 1 fully saturated rings. The fourth-order valence-corrected chi connectivity index (χ4v) is 5.42. The van der Waals surface area contributed by atoms with Gasteiger partial charge in [0.2, 0.25) is 10.0 Å². The summed E-state index contributed by atoms with van der Waals surface area (Å²) in [5.41, 5.74) is 1.87. The minimum Gasteiger partial charge on any atom is -0.345 e. The number of likely N-dealkylation sites (tertiary alicyclic amines) is 1. The fraction of sp³-hybridized carbons (Fsp3) is 0.455. The van der Waals surface area contributed by atoms with Gasteiger partial charge < -0.3 is 14.8 Å². The number of carbonyl (C=O) groups excluding carboxylic acids is 2. The molecule has 9 heteroatoms. The maximum Gasteiger partial charge on any atom is 0.272 e. The average Bonchev–Trinajstić information content (AvgIpc) is 3.40. The lowest BCUT2D eigenvalue weighted by atomic mass is 10.1. The molecule has 1 aromatic carbocycles. The Hall–Kier alpha value is -2.65. The highest BCUT2D eigenvalue weighted by Crippen LogP contribution is 2.25. The van der Waals surface area contributed by atoms with Crippen LogP contribution in [0.2, 0.25) is 0 Å². The number of aryl methyl sites for hydroxylation is 2. The standard InChI is InChI=1S/C22H30N4O4S/c1-5-26(6-2)31(29,30)17-14-19(24(4)15-17)21(27)23-20-16(3)10-9-11-18(20)22(28)25-12-7-8-13-25/h9-11,14-15H,5-8,12-13H2,1-4H3,(H,23,27). The van der Waals surface area contributed by atoms with Gasteiger partial charge in [0.15, 0.2) is 0 Å². The van der Waals surface area contributed by atoms with Crippen molar-refractivity contribution in [1.29, 1.82) is 0 Å². The Kier molecular flexibility index (Phi) is 6.86. The van der Waals surface area contributed by atoms with Gasteiger partial charge in [0.1, 0.15) is 10.6 Å². The van der Waals surface area contributed by atoms with E-state index >= 15 is 0 Å². The highest BCUT2D eigenvalue weighted by Gasteiger charge is 2.27. The molecule has 2 heterocycles. The fourth-order valence-electron chi connectivity index (χ4n) is 3.89. The molecule has 1 saturated heterocycles. The third-order valence-electron chi connectivity index (χ3n) is 5.69. The van der Waals surface area contributed by atoms with Gasteiger partial charge in [0.25, 0.3) is 11.8 Å². The maximum absolute atomic E-state index is 13.1. The Morgan fingerprint density at radius 2 is 1.77 bits per heavy atom. The lowest BCUT2D eigenvalue weighted by Gasteiger charge is -2.19. The summed E-state index contributed by atoms with van der Waals surface area (Å²) in [5.74, 6) is -0.568. The van der Waals surface area contributed by atoms with Crippen molar-refractivity contribution in [2.75, 3.05) is 31.5 Å². The van der Waals surface area contributed by atoms with Gasteiger partial charge in [0, 0.05) is 39.4 Å². The van der Waals surface area contributed by atoms with Crippen molar-refractivity contribution in [3.05, 3.63) is 47.3 Å². The van der Waals surface area contributed by atoms with Crippen molar-refractivity contribution in [3.63, 3.8) is 0 Å². The molecule has 0 radical (unpaired) electrons. The zero-order chi connectivity index (χ0) is 22.8. The summed E-state index contributed by atoms with van der Waals surface area (Å²) >= 11 is 0. The monoisotopic (exact) mass is 446 g/mol. The van der Waals surface area contributed by atoms with Crippen LogP contribution in [0.5, 0.6) is 0 Å². The third-order valence-corrected chi connectivity index (χ3v) is 7.71. The molecular weight excluding hydrogens is 416 g/mol. The molecule has 0 unspecified atom stereocenters. The maximum atomic E-state index is 13.1. The highest BCUT2D eigenvalue weighted by atomic mass is 32.2. The second-order valence-electron chi connectivity index (χ2n) is 7.71. The second kappa shape index (κ2) is 9.23. The molecular formula is C22H30N4O4S. The molecule has 0 saturated carbocycles. The number of rotatable bonds is 7. The van der Waals surface area contributed by atoms with Gasteiger partial charge in [-0.05, 0) is 37.5 Å². The van der Waals surface area contributed by atoms with Crippen molar-refractivity contribution in [2.24, 2.45) is 7.05 Å². The third kappa shape index (κ3) is 4.52. The van der Waals surface area contributed by atoms with Crippen molar-refractivity contribution in [1.82, 2.24) is 13.8 Å². The molecule has 168 valence electrons. The van der Waals surface area contributed by atoms with Crippen LogP contribution < -0.4 is 5.32 Å². The van der Waals surface area contributed by atoms with E-state index in [1.165, 1.54) is 21.1 Å². The molecule has 0 bridgehead atoms. The molecule has 1 N–H and O–H groups in total. The summed E-state index contributed by atoms with van der Waals surface area (Å²) < 4.78 is 28.5. The minimum atomic E-state index is -3.68. The number of benzene rings is 1. The van der Waals surface area contributed by atoms with Crippen LogP contribution in [-0.4, -0.2) is 60.2 Å². The van der Waals surface area contributed by atoms with Crippen LogP contribution in [-0.2, 0) is 17.1 Å². The predicted molar refractivity (Wildman–Crippen MR) is 120 cm³/mol. The Balaban J connectivity index is 1.91. The Labute approximate surface area is 183 Å². The summed E-state index contributed by atoms with van der Waals surface area (Å²) in [7, 11) is -2.05. The number of amides is 2. The lowest BCUT2D eigenvalue weighted by Crippen LogP contribution is -2.30.